The van der Waals surface area contributed by atoms with Gasteiger partial charge < -0.3 is 10.2 Å². The summed E-state index contributed by atoms with van der Waals surface area (Å²) in [4.78, 5) is 25.0. The van der Waals surface area contributed by atoms with E-state index in [2.05, 4.69) is 5.32 Å². The minimum absolute atomic E-state index is 0.0811. The van der Waals surface area contributed by atoms with Gasteiger partial charge in [0.2, 0.25) is 5.91 Å². The number of rotatable bonds is 4. The highest BCUT2D eigenvalue weighted by Gasteiger charge is 2.29. The van der Waals surface area contributed by atoms with Crippen LogP contribution in [0.3, 0.4) is 0 Å². The van der Waals surface area contributed by atoms with E-state index in [1.54, 1.807) is 11.0 Å². The fraction of sp³-hybridized carbons (Fsp3) is 0.278. The second kappa shape index (κ2) is 8.03. The van der Waals surface area contributed by atoms with Crippen LogP contribution in [0.25, 0.3) is 0 Å². The number of hydrogen-bond acceptors (Lipinski definition) is 4. The van der Waals surface area contributed by atoms with Gasteiger partial charge in [0.15, 0.2) is 0 Å². The van der Waals surface area contributed by atoms with Gasteiger partial charge in [0.1, 0.15) is 0 Å². The number of carbonyl (C=O) groups is 1. The average molecular weight is 394 g/mol. The molecular formula is C18H17Cl2N3O3. The maximum Gasteiger partial charge on any atom is 0.270 e. The maximum absolute atomic E-state index is 12.9. The zero-order valence-electron chi connectivity index (χ0n) is 13.8. The monoisotopic (exact) mass is 393 g/mol. The Morgan fingerprint density at radius 3 is 2.69 bits per heavy atom. The van der Waals surface area contributed by atoms with E-state index in [1.165, 1.54) is 18.2 Å². The van der Waals surface area contributed by atoms with Crippen LogP contribution in [-0.4, -0.2) is 35.4 Å². The molecule has 0 spiro atoms. The van der Waals surface area contributed by atoms with Crippen molar-refractivity contribution in [1.29, 1.82) is 0 Å². The Hall–Kier alpha value is -2.15. The molecule has 6 nitrogen and oxygen atoms in total. The Morgan fingerprint density at radius 2 is 2.00 bits per heavy atom. The summed E-state index contributed by atoms with van der Waals surface area (Å²) >= 11 is 12.4. The fourth-order valence-corrected chi connectivity index (χ4v) is 3.59. The van der Waals surface area contributed by atoms with E-state index < -0.39 is 4.92 Å². The molecule has 1 unspecified atom stereocenters. The van der Waals surface area contributed by atoms with E-state index in [4.69, 9.17) is 23.2 Å². The number of benzene rings is 2. The van der Waals surface area contributed by atoms with E-state index in [1.807, 2.05) is 18.2 Å². The lowest BCUT2D eigenvalue weighted by atomic mass is 10.0. The van der Waals surface area contributed by atoms with Crippen LogP contribution in [0.1, 0.15) is 17.2 Å². The summed E-state index contributed by atoms with van der Waals surface area (Å²) in [5.41, 5.74) is 1.37. The molecule has 0 radical (unpaired) electrons. The molecule has 26 heavy (non-hydrogen) atoms. The normalized spacial score (nSPS) is 17.2. The summed E-state index contributed by atoms with van der Waals surface area (Å²) < 4.78 is 0. The first-order chi connectivity index (χ1) is 12.5. The predicted octanol–water partition coefficient (Wildman–Crippen LogP) is 3.62. The summed E-state index contributed by atoms with van der Waals surface area (Å²) in [5.74, 6) is -0.0906. The third-order valence-corrected chi connectivity index (χ3v) is 5.11. The molecule has 1 atom stereocenters. The third kappa shape index (κ3) is 3.98. The standard InChI is InChI=1S/C18H17Cl2N3O3/c19-15-4-2-1-3-14(15)17-11-21-7-8-22(17)18(24)9-12-5-6-13(23(25)26)10-16(12)20/h1-6,10,17,21H,7-9,11H2. The zero-order chi connectivity index (χ0) is 18.7. The molecule has 1 saturated heterocycles. The number of hydrogen-bond donors (Lipinski definition) is 1. The topological polar surface area (TPSA) is 75.5 Å². The van der Waals surface area contributed by atoms with Gasteiger partial charge >= 0.3 is 0 Å². The lowest BCUT2D eigenvalue weighted by molar-refractivity contribution is -0.384. The predicted molar refractivity (Wildman–Crippen MR) is 101 cm³/mol. The van der Waals surface area contributed by atoms with Gasteiger partial charge in [-0.25, -0.2) is 0 Å². The smallest absolute Gasteiger partial charge is 0.270 e. The van der Waals surface area contributed by atoms with Crippen LogP contribution in [0.5, 0.6) is 0 Å². The molecule has 0 saturated carbocycles. The fourth-order valence-electron chi connectivity index (χ4n) is 3.08. The molecule has 1 aliphatic heterocycles. The highest BCUT2D eigenvalue weighted by Crippen LogP contribution is 2.30. The number of halogens is 2. The van der Waals surface area contributed by atoms with Gasteiger partial charge in [0.25, 0.3) is 5.69 Å². The second-order valence-corrected chi connectivity index (χ2v) is 6.85. The van der Waals surface area contributed by atoms with Gasteiger partial charge in [-0.2, -0.15) is 0 Å². The van der Waals surface area contributed by atoms with Gasteiger partial charge in [-0.15, -0.1) is 0 Å². The Balaban J connectivity index is 1.81. The van der Waals surface area contributed by atoms with Gasteiger partial charge in [0, 0.05) is 36.8 Å². The molecule has 8 heteroatoms. The van der Waals surface area contributed by atoms with E-state index in [0.717, 1.165) is 5.56 Å². The lowest BCUT2D eigenvalue weighted by Gasteiger charge is -2.37. The quantitative estimate of drug-likeness (QED) is 0.635. The number of nitro benzene ring substituents is 1. The van der Waals surface area contributed by atoms with Gasteiger partial charge in [-0.1, -0.05) is 47.5 Å². The molecule has 3 rings (SSSR count). The largest absolute Gasteiger partial charge is 0.333 e. The Morgan fingerprint density at radius 1 is 1.23 bits per heavy atom. The molecule has 0 aromatic heterocycles. The van der Waals surface area contributed by atoms with Crippen LogP contribution in [0.2, 0.25) is 10.0 Å². The van der Waals surface area contributed by atoms with E-state index in [9.17, 15) is 14.9 Å². The summed E-state index contributed by atoms with van der Waals surface area (Å²) in [6.07, 6.45) is 0.0811. The summed E-state index contributed by atoms with van der Waals surface area (Å²) in [7, 11) is 0. The molecular weight excluding hydrogens is 377 g/mol. The van der Waals surface area contributed by atoms with Crippen LogP contribution in [-0.2, 0) is 11.2 Å². The molecule has 1 heterocycles. The van der Waals surface area contributed by atoms with Gasteiger partial charge in [0.05, 0.1) is 22.4 Å². The summed E-state index contributed by atoms with van der Waals surface area (Å²) in [5, 5.41) is 14.9. The first-order valence-corrected chi connectivity index (χ1v) is 8.90. The Kier molecular flexibility index (Phi) is 5.76. The first kappa shape index (κ1) is 18.6. The van der Waals surface area contributed by atoms with Crippen molar-refractivity contribution in [1.82, 2.24) is 10.2 Å². The highest BCUT2D eigenvalue weighted by atomic mass is 35.5. The van der Waals surface area contributed by atoms with Crippen LogP contribution in [0, 0.1) is 10.1 Å². The van der Waals surface area contributed by atoms with Crippen LogP contribution < -0.4 is 5.32 Å². The number of non-ortho nitro benzene ring substituents is 1. The minimum atomic E-state index is -0.513. The number of nitrogens with zero attached hydrogens (tertiary/aromatic N) is 2. The molecule has 0 bridgehead atoms. The van der Waals surface area contributed by atoms with Crippen molar-refractivity contribution in [3.63, 3.8) is 0 Å². The van der Waals surface area contributed by atoms with Gasteiger partial charge in [-0.3, -0.25) is 14.9 Å². The second-order valence-electron chi connectivity index (χ2n) is 6.04. The maximum atomic E-state index is 12.9. The average Bonchev–Trinajstić information content (AvgIpc) is 2.63. The van der Waals surface area contributed by atoms with E-state index in [0.29, 0.717) is 30.2 Å². The molecule has 1 aliphatic rings. The SMILES string of the molecule is O=C(Cc1ccc([N+](=O)[O-])cc1Cl)N1CCNCC1c1ccccc1Cl. The molecule has 136 valence electrons. The lowest BCUT2D eigenvalue weighted by Crippen LogP contribution is -2.49. The molecule has 1 fully saturated rings. The molecule has 0 aliphatic carbocycles. The Labute approximate surface area is 160 Å². The molecule has 1 N–H and O–H groups in total. The van der Waals surface area contributed by atoms with Crippen LogP contribution in [0.4, 0.5) is 5.69 Å². The number of nitro groups is 1. The molecule has 1 amide bonds. The highest BCUT2D eigenvalue weighted by molar-refractivity contribution is 6.32. The van der Waals surface area contributed by atoms with Gasteiger partial charge in [-0.05, 0) is 17.2 Å². The van der Waals surface area contributed by atoms with Crippen molar-refractivity contribution in [3.05, 3.63) is 73.8 Å². The van der Waals surface area contributed by atoms with Crippen molar-refractivity contribution in [2.75, 3.05) is 19.6 Å². The van der Waals surface area contributed by atoms with Crippen molar-refractivity contribution >= 4 is 34.8 Å². The number of amides is 1. The summed E-state index contributed by atoms with van der Waals surface area (Å²) in [6, 6.07) is 11.5. The number of nitrogens with one attached hydrogen (secondary N) is 1. The third-order valence-electron chi connectivity index (χ3n) is 4.42. The van der Waals surface area contributed by atoms with Crippen molar-refractivity contribution < 1.29 is 9.72 Å². The van der Waals surface area contributed by atoms with Crippen LogP contribution in [0.15, 0.2) is 42.5 Å². The first-order valence-electron chi connectivity index (χ1n) is 8.15. The van der Waals surface area contributed by atoms with E-state index in [-0.39, 0.29) is 29.1 Å². The number of piperazine rings is 1. The van der Waals surface area contributed by atoms with Crippen LogP contribution >= 0.6 is 23.2 Å². The zero-order valence-corrected chi connectivity index (χ0v) is 15.3. The minimum Gasteiger partial charge on any atom is -0.333 e. The van der Waals surface area contributed by atoms with E-state index >= 15 is 0 Å². The van der Waals surface area contributed by atoms with Crippen molar-refractivity contribution in [2.24, 2.45) is 0 Å². The van der Waals surface area contributed by atoms with Crippen molar-refractivity contribution in [2.45, 2.75) is 12.5 Å². The molecule has 2 aromatic carbocycles. The Bertz CT molecular complexity index is 844. The number of carbonyl (C=O) groups excluding carboxylic acids is 1. The summed E-state index contributed by atoms with van der Waals surface area (Å²) in [6.45, 7) is 1.86. The van der Waals surface area contributed by atoms with Crippen molar-refractivity contribution in [3.8, 4) is 0 Å². The molecule has 2 aromatic rings.